The van der Waals surface area contributed by atoms with E-state index in [0.29, 0.717) is 6.54 Å². The maximum absolute atomic E-state index is 5.68. The van der Waals surface area contributed by atoms with E-state index in [4.69, 9.17) is 5.73 Å². The quantitative estimate of drug-likeness (QED) is 0.786. The summed E-state index contributed by atoms with van der Waals surface area (Å²) in [6.07, 6.45) is 7.96. The van der Waals surface area contributed by atoms with E-state index >= 15 is 0 Å². The van der Waals surface area contributed by atoms with E-state index in [1.807, 2.05) is 12.3 Å². The molecule has 1 saturated carbocycles. The summed E-state index contributed by atoms with van der Waals surface area (Å²) in [5.41, 5.74) is 6.98. The molecule has 3 nitrogen and oxygen atoms in total. The Kier molecular flexibility index (Phi) is 4.37. The Balaban J connectivity index is 2.15. The molecule has 1 heterocycles. The van der Waals surface area contributed by atoms with Gasteiger partial charge in [-0.3, -0.25) is 0 Å². The molecule has 0 amide bonds. The van der Waals surface area contributed by atoms with Crippen molar-refractivity contribution in [1.29, 1.82) is 0 Å². The van der Waals surface area contributed by atoms with Crippen molar-refractivity contribution in [2.45, 2.75) is 45.1 Å². The molecule has 0 aromatic carbocycles. The van der Waals surface area contributed by atoms with Crippen LogP contribution in [0.1, 0.15) is 38.2 Å². The molecule has 3 heteroatoms. The summed E-state index contributed by atoms with van der Waals surface area (Å²) in [7, 11) is 0. The Hall–Kier alpha value is -1.09. The maximum Gasteiger partial charge on any atom is 0.131 e. The molecule has 1 aromatic rings. The van der Waals surface area contributed by atoms with E-state index in [1.165, 1.54) is 37.1 Å². The van der Waals surface area contributed by atoms with Crippen LogP contribution in [0.2, 0.25) is 0 Å². The van der Waals surface area contributed by atoms with E-state index in [-0.39, 0.29) is 0 Å². The third-order valence-electron chi connectivity index (χ3n) is 3.29. The highest BCUT2D eigenvalue weighted by atomic mass is 15.2. The zero-order valence-electron chi connectivity index (χ0n) is 10.7. The normalized spacial score (nSPS) is 14.9. The minimum absolute atomic E-state index is 0.699. The van der Waals surface area contributed by atoms with Crippen LogP contribution < -0.4 is 10.6 Å². The topological polar surface area (TPSA) is 42.2 Å². The zero-order chi connectivity index (χ0) is 12.1. The molecule has 94 valence electrons. The molecular weight excluding hydrogens is 210 g/mol. The van der Waals surface area contributed by atoms with Crippen molar-refractivity contribution in [1.82, 2.24) is 4.98 Å². The fraction of sp³-hybridized carbons (Fsp3) is 0.643. The van der Waals surface area contributed by atoms with Crippen LogP contribution in [0, 0.1) is 0 Å². The van der Waals surface area contributed by atoms with Crippen LogP contribution in [-0.4, -0.2) is 24.1 Å². The lowest BCUT2D eigenvalue weighted by Gasteiger charge is -2.25. The van der Waals surface area contributed by atoms with E-state index in [1.54, 1.807) is 0 Å². The number of unbranched alkanes of at least 4 members (excludes halogenated alkanes) is 1. The molecule has 2 rings (SSSR count). The fourth-order valence-electron chi connectivity index (χ4n) is 2.22. The van der Waals surface area contributed by atoms with Crippen LogP contribution in [0.4, 0.5) is 5.82 Å². The van der Waals surface area contributed by atoms with Crippen LogP contribution >= 0.6 is 0 Å². The summed E-state index contributed by atoms with van der Waals surface area (Å²) in [5, 5.41) is 0. The number of pyridine rings is 1. The summed E-state index contributed by atoms with van der Waals surface area (Å²) < 4.78 is 0. The second-order valence-corrected chi connectivity index (χ2v) is 4.80. The van der Waals surface area contributed by atoms with Crippen molar-refractivity contribution in [3.05, 3.63) is 23.9 Å². The molecule has 2 N–H and O–H groups in total. The lowest BCUT2D eigenvalue weighted by Crippen LogP contribution is -2.29. The molecule has 0 aliphatic heterocycles. The second-order valence-electron chi connectivity index (χ2n) is 4.80. The molecule has 0 atom stereocenters. The van der Waals surface area contributed by atoms with Crippen molar-refractivity contribution in [2.75, 3.05) is 18.0 Å². The monoisotopic (exact) mass is 233 g/mol. The highest BCUT2D eigenvalue weighted by Crippen LogP contribution is 2.32. The minimum Gasteiger partial charge on any atom is -0.353 e. The highest BCUT2D eigenvalue weighted by molar-refractivity contribution is 5.49. The number of nitrogens with zero attached hydrogens (tertiary/aromatic N) is 2. The third kappa shape index (κ3) is 3.19. The first-order chi connectivity index (χ1) is 8.36. The Labute approximate surface area is 104 Å². The molecule has 1 aliphatic rings. The van der Waals surface area contributed by atoms with Gasteiger partial charge in [0.2, 0.25) is 0 Å². The van der Waals surface area contributed by atoms with Crippen molar-refractivity contribution in [2.24, 2.45) is 5.73 Å². The lowest BCUT2D eigenvalue weighted by atomic mass is 10.1. The Morgan fingerprint density at radius 2 is 2.29 bits per heavy atom. The van der Waals surface area contributed by atoms with Gasteiger partial charge in [0.05, 0.1) is 0 Å². The molecule has 17 heavy (non-hydrogen) atoms. The van der Waals surface area contributed by atoms with E-state index in [9.17, 15) is 0 Å². The highest BCUT2D eigenvalue weighted by Gasteiger charge is 2.30. The maximum atomic E-state index is 5.68. The van der Waals surface area contributed by atoms with Gasteiger partial charge in [0.1, 0.15) is 5.82 Å². The summed E-state index contributed by atoms with van der Waals surface area (Å²) >= 11 is 0. The Morgan fingerprint density at radius 1 is 1.47 bits per heavy atom. The van der Waals surface area contributed by atoms with Crippen LogP contribution in [0.25, 0.3) is 0 Å². The van der Waals surface area contributed by atoms with Gasteiger partial charge in [-0.15, -0.1) is 0 Å². The van der Waals surface area contributed by atoms with Crippen molar-refractivity contribution in [3.63, 3.8) is 0 Å². The van der Waals surface area contributed by atoms with Crippen LogP contribution in [0.15, 0.2) is 18.3 Å². The number of hydrogen-bond donors (Lipinski definition) is 1. The van der Waals surface area contributed by atoms with Gasteiger partial charge < -0.3 is 10.6 Å². The zero-order valence-corrected chi connectivity index (χ0v) is 10.7. The van der Waals surface area contributed by atoms with Crippen LogP contribution in [0.5, 0.6) is 0 Å². The van der Waals surface area contributed by atoms with Gasteiger partial charge >= 0.3 is 0 Å². The number of rotatable bonds is 7. The largest absolute Gasteiger partial charge is 0.353 e. The SMILES string of the molecule is CCCCN(c1ncccc1CCN)C1CC1. The molecule has 1 fully saturated rings. The van der Waals surface area contributed by atoms with Crippen LogP contribution in [0.3, 0.4) is 0 Å². The average molecular weight is 233 g/mol. The lowest BCUT2D eigenvalue weighted by molar-refractivity contribution is 0.699. The molecule has 1 aromatic heterocycles. The van der Waals surface area contributed by atoms with Gasteiger partial charge in [-0.1, -0.05) is 19.4 Å². The molecular formula is C14H23N3. The number of hydrogen-bond acceptors (Lipinski definition) is 3. The molecule has 1 aliphatic carbocycles. The first-order valence-corrected chi connectivity index (χ1v) is 6.77. The predicted molar refractivity (Wildman–Crippen MR) is 72.3 cm³/mol. The van der Waals surface area contributed by atoms with Gasteiger partial charge in [-0.25, -0.2) is 4.98 Å². The van der Waals surface area contributed by atoms with E-state index in [2.05, 4.69) is 22.9 Å². The van der Waals surface area contributed by atoms with Gasteiger partial charge in [-0.05, 0) is 43.9 Å². The smallest absolute Gasteiger partial charge is 0.131 e. The van der Waals surface area contributed by atoms with Crippen molar-refractivity contribution in [3.8, 4) is 0 Å². The van der Waals surface area contributed by atoms with Crippen molar-refractivity contribution < 1.29 is 0 Å². The summed E-state index contributed by atoms with van der Waals surface area (Å²) in [6, 6.07) is 4.91. The molecule has 0 saturated heterocycles. The van der Waals surface area contributed by atoms with Crippen molar-refractivity contribution >= 4 is 5.82 Å². The second kappa shape index (κ2) is 6.01. The predicted octanol–water partition coefficient (Wildman–Crippen LogP) is 2.35. The first kappa shape index (κ1) is 12.4. The average Bonchev–Trinajstić information content (AvgIpc) is 3.16. The van der Waals surface area contributed by atoms with E-state index < -0.39 is 0 Å². The third-order valence-corrected chi connectivity index (χ3v) is 3.29. The number of anilines is 1. The standard InChI is InChI=1S/C14H23N3/c1-2-3-11-17(13-6-7-13)14-12(8-9-15)5-4-10-16-14/h4-5,10,13H,2-3,6-9,11,15H2,1H3. The minimum atomic E-state index is 0.699. The number of aromatic nitrogens is 1. The molecule has 0 unspecified atom stereocenters. The Morgan fingerprint density at radius 3 is 2.94 bits per heavy atom. The summed E-state index contributed by atoms with van der Waals surface area (Å²) in [4.78, 5) is 7.08. The van der Waals surface area contributed by atoms with E-state index in [0.717, 1.165) is 19.0 Å². The van der Waals surface area contributed by atoms with Gasteiger partial charge in [0.25, 0.3) is 0 Å². The summed E-state index contributed by atoms with van der Waals surface area (Å²) in [5.74, 6) is 1.17. The fourth-order valence-corrected chi connectivity index (χ4v) is 2.22. The molecule has 0 bridgehead atoms. The van der Waals surface area contributed by atoms with Gasteiger partial charge in [0.15, 0.2) is 0 Å². The Bertz CT molecular complexity index is 347. The van der Waals surface area contributed by atoms with Gasteiger partial charge in [0, 0.05) is 18.8 Å². The van der Waals surface area contributed by atoms with Gasteiger partial charge in [-0.2, -0.15) is 0 Å². The molecule has 0 radical (unpaired) electrons. The number of nitrogens with two attached hydrogens (primary N) is 1. The summed E-state index contributed by atoms with van der Waals surface area (Å²) in [6.45, 7) is 4.07. The first-order valence-electron chi connectivity index (χ1n) is 6.77. The van der Waals surface area contributed by atoms with Crippen LogP contribution in [-0.2, 0) is 6.42 Å². The molecule has 0 spiro atoms.